The number of hydrogen-bond acceptors (Lipinski definition) is 3. The molecule has 3 aromatic rings. The van der Waals surface area contributed by atoms with Gasteiger partial charge in [0.05, 0.1) is 5.56 Å². The van der Waals surface area contributed by atoms with E-state index >= 15 is 0 Å². The summed E-state index contributed by atoms with van der Waals surface area (Å²) in [5.74, 6) is -1.35. The summed E-state index contributed by atoms with van der Waals surface area (Å²) in [7, 11) is 0. The van der Waals surface area contributed by atoms with Crippen molar-refractivity contribution in [2.24, 2.45) is 0 Å². The van der Waals surface area contributed by atoms with Gasteiger partial charge in [-0.2, -0.15) is 0 Å². The predicted molar refractivity (Wildman–Crippen MR) is 87.9 cm³/mol. The van der Waals surface area contributed by atoms with Crippen LogP contribution in [0.15, 0.2) is 48.5 Å². The summed E-state index contributed by atoms with van der Waals surface area (Å²) in [5.41, 5.74) is 0.650. The Hall–Kier alpha value is -2.66. The number of thiophene rings is 1. The van der Waals surface area contributed by atoms with E-state index in [1.807, 2.05) is 43.3 Å². The molecular formula is C17H13NO3S. The zero-order valence-electron chi connectivity index (χ0n) is 11.8. The van der Waals surface area contributed by atoms with Gasteiger partial charge < -0.3 is 10.4 Å². The first-order valence-corrected chi connectivity index (χ1v) is 7.51. The van der Waals surface area contributed by atoms with Gasteiger partial charge in [-0.05, 0) is 29.8 Å². The molecule has 0 radical (unpaired) electrons. The Morgan fingerprint density at radius 1 is 1.05 bits per heavy atom. The second-order valence-electron chi connectivity index (χ2n) is 4.89. The fourth-order valence-corrected chi connectivity index (χ4v) is 3.26. The quantitative estimate of drug-likeness (QED) is 0.763. The maximum absolute atomic E-state index is 12.5. The van der Waals surface area contributed by atoms with E-state index in [0.717, 1.165) is 15.6 Å². The van der Waals surface area contributed by atoms with Crippen molar-refractivity contribution in [1.29, 1.82) is 0 Å². The lowest BCUT2D eigenvalue weighted by molar-refractivity contribution is 0.0698. The summed E-state index contributed by atoms with van der Waals surface area (Å²) in [4.78, 5) is 24.6. The van der Waals surface area contributed by atoms with Gasteiger partial charge in [0.15, 0.2) is 0 Å². The number of aromatic carboxylic acids is 1. The van der Waals surface area contributed by atoms with E-state index in [4.69, 9.17) is 0 Å². The second-order valence-corrected chi connectivity index (χ2v) is 6.14. The normalized spacial score (nSPS) is 10.6. The molecule has 1 aromatic heterocycles. The van der Waals surface area contributed by atoms with Gasteiger partial charge in [0.2, 0.25) is 0 Å². The van der Waals surface area contributed by atoms with Crippen molar-refractivity contribution in [3.63, 3.8) is 0 Å². The number of carbonyl (C=O) groups is 2. The zero-order valence-corrected chi connectivity index (χ0v) is 12.6. The molecule has 0 saturated carbocycles. The molecule has 4 nitrogen and oxygen atoms in total. The van der Waals surface area contributed by atoms with Gasteiger partial charge in [-0.3, -0.25) is 4.79 Å². The maximum atomic E-state index is 12.5. The highest BCUT2D eigenvalue weighted by Crippen LogP contribution is 2.29. The molecule has 0 unspecified atom stereocenters. The summed E-state index contributed by atoms with van der Waals surface area (Å²) in [6.07, 6.45) is 0. The highest BCUT2D eigenvalue weighted by Gasteiger charge is 2.17. The molecule has 0 bridgehead atoms. The molecule has 0 aliphatic rings. The van der Waals surface area contributed by atoms with Crippen LogP contribution >= 0.6 is 11.3 Å². The van der Waals surface area contributed by atoms with Crippen molar-refractivity contribution in [2.45, 2.75) is 6.92 Å². The summed E-state index contributed by atoms with van der Waals surface area (Å²) in [6.45, 7) is 1.81. The van der Waals surface area contributed by atoms with Gasteiger partial charge in [-0.1, -0.05) is 36.4 Å². The highest BCUT2D eigenvalue weighted by molar-refractivity contribution is 7.16. The van der Waals surface area contributed by atoms with Crippen molar-refractivity contribution < 1.29 is 14.7 Å². The van der Waals surface area contributed by atoms with Crippen LogP contribution in [0.25, 0.3) is 10.8 Å². The van der Waals surface area contributed by atoms with E-state index in [1.54, 1.807) is 12.1 Å². The fraction of sp³-hybridized carbons (Fsp3) is 0.0588. The number of aryl methyl sites for hydroxylation is 1. The Balaban J connectivity index is 1.99. The number of rotatable bonds is 3. The van der Waals surface area contributed by atoms with Crippen molar-refractivity contribution in [2.75, 3.05) is 5.32 Å². The van der Waals surface area contributed by atoms with Crippen LogP contribution in [0.2, 0.25) is 0 Å². The Morgan fingerprint density at radius 2 is 1.77 bits per heavy atom. The first-order chi connectivity index (χ1) is 10.6. The molecule has 2 aromatic carbocycles. The van der Waals surface area contributed by atoms with E-state index in [9.17, 15) is 14.7 Å². The van der Waals surface area contributed by atoms with Crippen molar-refractivity contribution in [1.82, 2.24) is 0 Å². The topological polar surface area (TPSA) is 66.4 Å². The lowest BCUT2D eigenvalue weighted by atomic mass is 10.0. The Labute approximate surface area is 131 Å². The molecule has 0 fully saturated rings. The van der Waals surface area contributed by atoms with Crippen molar-refractivity contribution in [3.8, 4) is 0 Å². The molecule has 0 atom stereocenters. The second kappa shape index (κ2) is 5.61. The third kappa shape index (κ3) is 2.58. The molecule has 1 heterocycles. The number of fused-ring (bicyclic) bond motifs is 1. The molecule has 0 aliphatic heterocycles. The van der Waals surface area contributed by atoms with Crippen molar-refractivity contribution >= 4 is 39.0 Å². The third-order valence-electron chi connectivity index (χ3n) is 3.35. The fourth-order valence-electron chi connectivity index (χ4n) is 2.36. The summed E-state index contributed by atoms with van der Waals surface area (Å²) in [5, 5.41) is 14.1. The van der Waals surface area contributed by atoms with Crippen LogP contribution in [0.4, 0.5) is 5.00 Å². The van der Waals surface area contributed by atoms with Gasteiger partial charge >= 0.3 is 5.97 Å². The largest absolute Gasteiger partial charge is 0.478 e. The van der Waals surface area contributed by atoms with Gasteiger partial charge in [0.25, 0.3) is 5.91 Å². The van der Waals surface area contributed by atoms with Gasteiger partial charge in [-0.25, -0.2) is 4.79 Å². The van der Waals surface area contributed by atoms with Crippen LogP contribution in [0.5, 0.6) is 0 Å². The standard InChI is InChI=1S/C17H13NO3S/c1-10-9-14(17(20)21)16(22-10)18-15(19)13-8-4-6-11-5-2-3-7-12(11)13/h2-9H,1H3,(H,18,19)(H,20,21). The summed E-state index contributed by atoms with van der Waals surface area (Å²) in [6, 6.07) is 14.6. The number of amides is 1. The van der Waals surface area contributed by atoms with Crippen LogP contribution in [0.1, 0.15) is 25.6 Å². The van der Waals surface area contributed by atoms with E-state index in [1.165, 1.54) is 11.3 Å². The summed E-state index contributed by atoms with van der Waals surface area (Å²) >= 11 is 1.26. The Morgan fingerprint density at radius 3 is 2.55 bits per heavy atom. The smallest absolute Gasteiger partial charge is 0.338 e. The maximum Gasteiger partial charge on any atom is 0.338 e. The van der Waals surface area contributed by atoms with Crippen LogP contribution in [0.3, 0.4) is 0 Å². The first-order valence-electron chi connectivity index (χ1n) is 6.69. The predicted octanol–water partition coefficient (Wildman–Crippen LogP) is 4.16. The molecule has 110 valence electrons. The zero-order chi connectivity index (χ0) is 15.7. The SMILES string of the molecule is Cc1cc(C(=O)O)c(NC(=O)c2cccc3ccccc23)s1. The van der Waals surface area contributed by atoms with Crippen LogP contribution in [-0.4, -0.2) is 17.0 Å². The molecule has 0 saturated heterocycles. The molecule has 0 spiro atoms. The monoisotopic (exact) mass is 311 g/mol. The van der Waals surface area contributed by atoms with Crippen LogP contribution in [-0.2, 0) is 0 Å². The summed E-state index contributed by atoms with van der Waals surface area (Å²) < 4.78 is 0. The molecule has 2 N–H and O–H groups in total. The molecule has 5 heteroatoms. The first kappa shape index (κ1) is 14.3. The molecule has 22 heavy (non-hydrogen) atoms. The van der Waals surface area contributed by atoms with Crippen LogP contribution in [0, 0.1) is 6.92 Å². The van der Waals surface area contributed by atoms with Crippen LogP contribution < -0.4 is 5.32 Å². The van der Waals surface area contributed by atoms with Crippen molar-refractivity contribution in [3.05, 3.63) is 64.5 Å². The lowest BCUT2D eigenvalue weighted by Gasteiger charge is -2.07. The Kier molecular flexibility index (Phi) is 3.65. The molecule has 3 rings (SSSR count). The minimum absolute atomic E-state index is 0.121. The van der Waals surface area contributed by atoms with E-state index in [0.29, 0.717) is 10.6 Å². The molecule has 0 aliphatic carbocycles. The number of benzene rings is 2. The molecular weight excluding hydrogens is 298 g/mol. The average molecular weight is 311 g/mol. The number of carboxylic acid groups (broad SMARTS) is 1. The minimum atomic E-state index is -1.04. The number of carboxylic acids is 1. The van der Waals surface area contributed by atoms with E-state index < -0.39 is 5.97 Å². The number of anilines is 1. The number of nitrogens with one attached hydrogen (secondary N) is 1. The number of carbonyl (C=O) groups excluding carboxylic acids is 1. The third-order valence-corrected chi connectivity index (χ3v) is 4.31. The number of hydrogen-bond donors (Lipinski definition) is 2. The van der Waals surface area contributed by atoms with E-state index in [2.05, 4.69) is 5.32 Å². The van der Waals surface area contributed by atoms with E-state index in [-0.39, 0.29) is 11.5 Å². The minimum Gasteiger partial charge on any atom is -0.478 e. The van der Waals surface area contributed by atoms with Gasteiger partial charge in [-0.15, -0.1) is 11.3 Å². The lowest BCUT2D eigenvalue weighted by Crippen LogP contribution is -2.13. The van der Waals surface area contributed by atoms with Gasteiger partial charge in [0, 0.05) is 10.4 Å². The average Bonchev–Trinajstić information content (AvgIpc) is 2.87. The molecule has 1 amide bonds. The van der Waals surface area contributed by atoms with Gasteiger partial charge in [0.1, 0.15) is 5.00 Å². The highest BCUT2D eigenvalue weighted by atomic mass is 32.1. The Bertz CT molecular complexity index is 877.